The van der Waals surface area contributed by atoms with Crippen LogP contribution < -0.4 is 0 Å². The summed E-state index contributed by atoms with van der Waals surface area (Å²) in [7, 11) is 0. The van der Waals surface area contributed by atoms with Crippen molar-refractivity contribution in [1.82, 2.24) is 14.8 Å². The van der Waals surface area contributed by atoms with Gasteiger partial charge in [-0.25, -0.2) is 9.67 Å². The Morgan fingerprint density at radius 2 is 2.17 bits per heavy atom. The first-order valence-electron chi connectivity index (χ1n) is 3.49. The van der Waals surface area contributed by atoms with Crippen LogP contribution >= 0.6 is 0 Å². The van der Waals surface area contributed by atoms with E-state index < -0.39 is 5.95 Å². The van der Waals surface area contributed by atoms with Crippen LogP contribution in [0.15, 0.2) is 36.7 Å². The molecule has 0 aliphatic heterocycles. The third-order valence-corrected chi connectivity index (χ3v) is 1.44. The molecule has 0 spiro atoms. The van der Waals surface area contributed by atoms with Gasteiger partial charge in [0.2, 0.25) is 5.95 Å². The smallest absolute Gasteiger partial charge is 0.214 e. The zero-order valence-corrected chi connectivity index (χ0v) is 6.18. The zero-order valence-electron chi connectivity index (χ0n) is 6.18. The predicted molar refractivity (Wildman–Crippen MR) is 41.3 cm³/mol. The zero-order chi connectivity index (χ0) is 8.39. The van der Waals surface area contributed by atoms with Crippen molar-refractivity contribution < 1.29 is 4.39 Å². The minimum absolute atomic E-state index is 0.486. The van der Waals surface area contributed by atoms with Crippen LogP contribution in [-0.4, -0.2) is 14.8 Å². The fourth-order valence-electron chi connectivity index (χ4n) is 0.929. The summed E-state index contributed by atoms with van der Waals surface area (Å²) in [5.74, 6) is -0.0111. The van der Waals surface area contributed by atoms with Crippen molar-refractivity contribution in [2.75, 3.05) is 0 Å². The summed E-state index contributed by atoms with van der Waals surface area (Å²) in [5, 5.41) is 3.92. The second-order valence-corrected chi connectivity index (χ2v) is 2.27. The van der Waals surface area contributed by atoms with Gasteiger partial charge in [-0.1, -0.05) is 6.07 Å². The van der Waals surface area contributed by atoms with Gasteiger partial charge in [0.05, 0.1) is 0 Å². The van der Waals surface area contributed by atoms with E-state index in [0.29, 0.717) is 5.82 Å². The number of rotatable bonds is 1. The molecule has 0 aliphatic rings. The predicted octanol–water partition coefficient (Wildman–Crippen LogP) is 1.41. The van der Waals surface area contributed by atoms with E-state index in [-0.39, 0.29) is 0 Å². The van der Waals surface area contributed by atoms with Crippen molar-refractivity contribution >= 4 is 0 Å². The highest BCUT2D eigenvalue weighted by atomic mass is 19.1. The summed E-state index contributed by atoms with van der Waals surface area (Å²) in [4.78, 5) is 3.65. The van der Waals surface area contributed by atoms with Crippen LogP contribution in [0.5, 0.6) is 0 Å². The summed E-state index contributed by atoms with van der Waals surface area (Å²) in [6, 6.07) is 6.34. The molecule has 0 atom stereocenters. The molecule has 0 radical (unpaired) electrons. The standard InChI is InChI=1S/C8H6FN3/c9-7-3-1-4-8(11-7)12-6-2-5-10-12/h1-6H. The summed E-state index contributed by atoms with van der Waals surface area (Å²) in [6.07, 6.45) is 3.33. The van der Waals surface area contributed by atoms with Crippen LogP contribution in [0, 0.1) is 5.95 Å². The van der Waals surface area contributed by atoms with Crippen molar-refractivity contribution in [3.05, 3.63) is 42.6 Å². The fourth-order valence-corrected chi connectivity index (χ4v) is 0.929. The molecule has 0 N–H and O–H groups in total. The van der Waals surface area contributed by atoms with Crippen LogP contribution in [-0.2, 0) is 0 Å². The molecule has 12 heavy (non-hydrogen) atoms. The number of hydrogen-bond acceptors (Lipinski definition) is 2. The van der Waals surface area contributed by atoms with Gasteiger partial charge in [-0.2, -0.15) is 9.49 Å². The number of aromatic nitrogens is 3. The molecule has 0 saturated heterocycles. The van der Waals surface area contributed by atoms with Gasteiger partial charge >= 0.3 is 0 Å². The molecule has 0 amide bonds. The molecule has 2 rings (SSSR count). The minimum Gasteiger partial charge on any atom is -0.223 e. The largest absolute Gasteiger partial charge is 0.223 e. The highest BCUT2D eigenvalue weighted by Crippen LogP contribution is 2.02. The van der Waals surface area contributed by atoms with E-state index in [1.807, 2.05) is 0 Å². The molecule has 0 bridgehead atoms. The number of pyridine rings is 1. The average Bonchev–Trinajstić information content (AvgIpc) is 2.56. The lowest BCUT2D eigenvalue weighted by Gasteiger charge is -1.97. The Hall–Kier alpha value is -1.71. The van der Waals surface area contributed by atoms with E-state index >= 15 is 0 Å². The minimum atomic E-state index is -0.497. The quantitative estimate of drug-likeness (QED) is 0.595. The molecule has 0 aliphatic carbocycles. The van der Waals surface area contributed by atoms with Crippen molar-refractivity contribution in [3.63, 3.8) is 0 Å². The third kappa shape index (κ3) is 1.18. The Labute approximate surface area is 68.5 Å². The van der Waals surface area contributed by atoms with E-state index in [4.69, 9.17) is 0 Å². The highest BCUT2D eigenvalue weighted by molar-refractivity contribution is 5.19. The molecule has 3 nitrogen and oxygen atoms in total. The van der Waals surface area contributed by atoms with Crippen LogP contribution in [0.2, 0.25) is 0 Å². The first kappa shape index (κ1) is 6.97. The maximum atomic E-state index is 12.6. The monoisotopic (exact) mass is 163 g/mol. The van der Waals surface area contributed by atoms with E-state index in [2.05, 4.69) is 10.1 Å². The van der Waals surface area contributed by atoms with Gasteiger partial charge in [0.15, 0.2) is 5.82 Å². The van der Waals surface area contributed by atoms with E-state index in [1.54, 1.807) is 30.6 Å². The normalized spacial score (nSPS) is 10.1. The van der Waals surface area contributed by atoms with Gasteiger partial charge in [0.25, 0.3) is 0 Å². The average molecular weight is 163 g/mol. The van der Waals surface area contributed by atoms with Crippen molar-refractivity contribution in [2.45, 2.75) is 0 Å². The molecule has 60 valence electrons. The first-order chi connectivity index (χ1) is 5.86. The van der Waals surface area contributed by atoms with E-state index in [1.165, 1.54) is 10.7 Å². The van der Waals surface area contributed by atoms with E-state index in [0.717, 1.165) is 0 Å². The highest BCUT2D eigenvalue weighted by Gasteiger charge is 1.97. The summed E-state index contributed by atoms with van der Waals surface area (Å²) >= 11 is 0. The maximum absolute atomic E-state index is 12.6. The number of hydrogen-bond donors (Lipinski definition) is 0. The second-order valence-electron chi connectivity index (χ2n) is 2.27. The van der Waals surface area contributed by atoms with Gasteiger partial charge in [-0.3, -0.25) is 0 Å². The molecule has 0 fully saturated rings. The fraction of sp³-hybridized carbons (Fsp3) is 0. The summed E-state index contributed by atoms with van der Waals surface area (Å²) < 4.78 is 14.1. The van der Waals surface area contributed by atoms with Crippen molar-refractivity contribution in [3.8, 4) is 5.82 Å². The van der Waals surface area contributed by atoms with Crippen LogP contribution in [0.4, 0.5) is 4.39 Å². The Kier molecular flexibility index (Phi) is 1.59. The molecular weight excluding hydrogens is 157 g/mol. The molecule has 0 unspecified atom stereocenters. The van der Waals surface area contributed by atoms with Gasteiger partial charge in [0, 0.05) is 12.4 Å². The Morgan fingerprint density at radius 3 is 2.83 bits per heavy atom. The third-order valence-electron chi connectivity index (χ3n) is 1.44. The van der Waals surface area contributed by atoms with E-state index in [9.17, 15) is 4.39 Å². The molecule has 2 heterocycles. The van der Waals surface area contributed by atoms with Crippen LogP contribution in [0.3, 0.4) is 0 Å². The van der Waals surface area contributed by atoms with Crippen LogP contribution in [0.25, 0.3) is 5.82 Å². The molecule has 4 heteroatoms. The van der Waals surface area contributed by atoms with Gasteiger partial charge in [-0.05, 0) is 18.2 Å². The summed E-state index contributed by atoms with van der Waals surface area (Å²) in [5.41, 5.74) is 0. The lowest BCUT2D eigenvalue weighted by atomic mass is 10.4. The molecular formula is C8H6FN3. The van der Waals surface area contributed by atoms with Crippen molar-refractivity contribution in [1.29, 1.82) is 0 Å². The molecule has 0 saturated carbocycles. The van der Waals surface area contributed by atoms with Gasteiger partial charge in [0.1, 0.15) is 0 Å². The summed E-state index contributed by atoms with van der Waals surface area (Å²) in [6.45, 7) is 0. The van der Waals surface area contributed by atoms with Crippen molar-refractivity contribution in [2.24, 2.45) is 0 Å². The maximum Gasteiger partial charge on any atom is 0.214 e. The Bertz CT molecular complexity index is 370. The molecule has 2 aromatic rings. The SMILES string of the molecule is Fc1cccc(-n2cccn2)n1. The number of halogens is 1. The van der Waals surface area contributed by atoms with Gasteiger partial charge in [-0.15, -0.1) is 0 Å². The first-order valence-corrected chi connectivity index (χ1v) is 3.49. The Balaban J connectivity index is 2.48. The lowest BCUT2D eigenvalue weighted by Crippen LogP contribution is -1.98. The van der Waals surface area contributed by atoms with Gasteiger partial charge < -0.3 is 0 Å². The lowest BCUT2D eigenvalue weighted by molar-refractivity contribution is 0.577. The number of nitrogens with zero attached hydrogens (tertiary/aromatic N) is 3. The topological polar surface area (TPSA) is 30.7 Å². The molecule has 0 aromatic carbocycles. The second kappa shape index (κ2) is 2.73. The molecule has 2 aromatic heterocycles. The van der Waals surface area contributed by atoms with Crippen LogP contribution in [0.1, 0.15) is 0 Å². The Morgan fingerprint density at radius 1 is 1.25 bits per heavy atom.